The number of nitrogens with one attached hydrogen (secondary N) is 1. The summed E-state index contributed by atoms with van der Waals surface area (Å²) in [5.41, 5.74) is 1.35. The summed E-state index contributed by atoms with van der Waals surface area (Å²) in [5, 5.41) is 3.37. The molecule has 0 aromatic carbocycles. The van der Waals surface area contributed by atoms with Crippen molar-refractivity contribution in [2.45, 2.75) is 45.9 Å². The predicted molar refractivity (Wildman–Crippen MR) is 81.7 cm³/mol. The van der Waals surface area contributed by atoms with E-state index < -0.39 is 0 Å². The SMILES string of the molecule is CCNCc1cc(COCCN(C)C2CC2)c(C)s1. The molecule has 2 rings (SSSR count). The molecule has 0 unspecified atom stereocenters. The van der Waals surface area contributed by atoms with Gasteiger partial charge in [0, 0.05) is 28.9 Å². The van der Waals surface area contributed by atoms with Crippen LogP contribution in [-0.4, -0.2) is 37.7 Å². The van der Waals surface area contributed by atoms with Crippen LogP contribution < -0.4 is 5.32 Å². The van der Waals surface area contributed by atoms with E-state index >= 15 is 0 Å². The lowest BCUT2D eigenvalue weighted by Gasteiger charge is -2.15. The van der Waals surface area contributed by atoms with E-state index in [4.69, 9.17) is 4.74 Å². The van der Waals surface area contributed by atoms with Gasteiger partial charge in [-0.25, -0.2) is 0 Å². The maximum Gasteiger partial charge on any atom is 0.0728 e. The zero-order chi connectivity index (χ0) is 13.7. The summed E-state index contributed by atoms with van der Waals surface area (Å²) in [6.07, 6.45) is 2.74. The van der Waals surface area contributed by atoms with Gasteiger partial charge >= 0.3 is 0 Å². The van der Waals surface area contributed by atoms with Crippen molar-refractivity contribution in [1.29, 1.82) is 0 Å². The number of ether oxygens (including phenoxy) is 1. The third-order valence-electron chi connectivity index (χ3n) is 3.64. The van der Waals surface area contributed by atoms with Crippen molar-refractivity contribution < 1.29 is 4.74 Å². The molecule has 0 bridgehead atoms. The Kier molecular flexibility index (Phi) is 5.82. The lowest BCUT2D eigenvalue weighted by Crippen LogP contribution is -2.25. The first-order valence-electron chi connectivity index (χ1n) is 7.27. The van der Waals surface area contributed by atoms with Gasteiger partial charge in [-0.1, -0.05) is 6.92 Å². The van der Waals surface area contributed by atoms with Crippen molar-refractivity contribution in [3.05, 3.63) is 21.4 Å². The quantitative estimate of drug-likeness (QED) is 0.705. The number of nitrogens with zero attached hydrogens (tertiary/aromatic N) is 1. The Morgan fingerprint density at radius 1 is 1.47 bits per heavy atom. The molecule has 0 atom stereocenters. The number of likely N-dealkylation sites (N-methyl/N-ethyl adjacent to an activating group) is 1. The summed E-state index contributed by atoms with van der Waals surface area (Å²) in [7, 11) is 2.20. The average Bonchev–Trinajstić information content (AvgIpc) is 3.18. The van der Waals surface area contributed by atoms with Gasteiger partial charge in [0.2, 0.25) is 0 Å². The standard InChI is InChI=1S/C15H26N2OS/c1-4-16-10-15-9-13(12(2)19-15)11-18-8-7-17(3)14-5-6-14/h9,14,16H,4-8,10-11H2,1-3H3. The Bertz CT molecular complexity index is 387. The third kappa shape index (κ3) is 4.88. The molecule has 1 aliphatic carbocycles. The van der Waals surface area contributed by atoms with Crippen molar-refractivity contribution in [2.24, 2.45) is 0 Å². The number of rotatable bonds is 9. The first-order chi connectivity index (χ1) is 9.20. The summed E-state index contributed by atoms with van der Waals surface area (Å²) in [6, 6.07) is 3.12. The van der Waals surface area contributed by atoms with Crippen LogP contribution in [0.15, 0.2) is 6.07 Å². The summed E-state index contributed by atoms with van der Waals surface area (Å²) >= 11 is 1.88. The molecule has 1 aromatic rings. The second kappa shape index (κ2) is 7.39. The molecule has 0 amide bonds. The van der Waals surface area contributed by atoms with E-state index in [1.807, 2.05) is 11.3 Å². The van der Waals surface area contributed by atoms with E-state index in [0.29, 0.717) is 0 Å². The third-order valence-corrected chi connectivity index (χ3v) is 4.73. The number of hydrogen-bond donors (Lipinski definition) is 1. The van der Waals surface area contributed by atoms with Crippen molar-refractivity contribution in [2.75, 3.05) is 26.7 Å². The van der Waals surface area contributed by atoms with Crippen LogP contribution in [0.25, 0.3) is 0 Å². The van der Waals surface area contributed by atoms with Crippen molar-refractivity contribution >= 4 is 11.3 Å². The molecular formula is C15H26N2OS. The maximum atomic E-state index is 5.81. The molecule has 0 aliphatic heterocycles. The molecule has 1 N–H and O–H groups in total. The van der Waals surface area contributed by atoms with Gasteiger partial charge in [0.25, 0.3) is 0 Å². The lowest BCUT2D eigenvalue weighted by molar-refractivity contribution is 0.0978. The molecule has 19 heavy (non-hydrogen) atoms. The minimum atomic E-state index is 0.757. The maximum absolute atomic E-state index is 5.81. The fourth-order valence-electron chi connectivity index (χ4n) is 2.15. The topological polar surface area (TPSA) is 24.5 Å². The fourth-order valence-corrected chi connectivity index (χ4v) is 3.17. The van der Waals surface area contributed by atoms with Crippen LogP contribution in [0.1, 0.15) is 35.1 Å². The van der Waals surface area contributed by atoms with E-state index in [1.54, 1.807) is 0 Å². The monoisotopic (exact) mass is 282 g/mol. The fraction of sp³-hybridized carbons (Fsp3) is 0.733. The largest absolute Gasteiger partial charge is 0.375 e. The summed E-state index contributed by atoms with van der Waals surface area (Å²) in [4.78, 5) is 5.22. The highest BCUT2D eigenvalue weighted by Crippen LogP contribution is 2.25. The van der Waals surface area contributed by atoms with Gasteiger partial charge in [-0.05, 0) is 45.0 Å². The van der Waals surface area contributed by atoms with E-state index in [0.717, 1.165) is 38.9 Å². The molecule has 1 heterocycles. The first kappa shape index (κ1) is 15.0. The van der Waals surface area contributed by atoms with Gasteiger partial charge in [0.05, 0.1) is 13.2 Å². The zero-order valence-electron chi connectivity index (χ0n) is 12.4. The molecule has 3 nitrogen and oxygen atoms in total. The van der Waals surface area contributed by atoms with E-state index in [1.165, 1.54) is 28.2 Å². The molecule has 0 radical (unpaired) electrons. The summed E-state index contributed by atoms with van der Waals surface area (Å²) in [5.74, 6) is 0. The first-order valence-corrected chi connectivity index (χ1v) is 8.09. The molecule has 1 fully saturated rings. The molecule has 1 saturated carbocycles. The highest BCUT2D eigenvalue weighted by molar-refractivity contribution is 7.12. The second-order valence-corrected chi connectivity index (χ2v) is 6.68. The Morgan fingerprint density at radius 3 is 2.95 bits per heavy atom. The van der Waals surface area contributed by atoms with E-state index in [-0.39, 0.29) is 0 Å². The van der Waals surface area contributed by atoms with Gasteiger partial charge in [0.15, 0.2) is 0 Å². The molecule has 108 valence electrons. The molecule has 0 spiro atoms. The molecule has 1 aliphatic rings. The molecular weight excluding hydrogens is 256 g/mol. The highest BCUT2D eigenvalue weighted by atomic mass is 32.1. The summed E-state index contributed by atoms with van der Waals surface area (Å²) < 4.78 is 5.81. The normalized spacial score (nSPS) is 15.4. The van der Waals surface area contributed by atoms with Gasteiger partial charge in [-0.3, -0.25) is 0 Å². The molecule has 0 saturated heterocycles. The van der Waals surface area contributed by atoms with Gasteiger partial charge in [-0.15, -0.1) is 11.3 Å². The summed E-state index contributed by atoms with van der Waals surface area (Å²) in [6.45, 7) is 8.98. The van der Waals surface area contributed by atoms with Crippen molar-refractivity contribution in [3.63, 3.8) is 0 Å². The van der Waals surface area contributed by atoms with Gasteiger partial charge < -0.3 is 15.0 Å². The van der Waals surface area contributed by atoms with Crippen LogP contribution in [-0.2, 0) is 17.9 Å². The van der Waals surface area contributed by atoms with Crippen LogP contribution in [0.4, 0.5) is 0 Å². The van der Waals surface area contributed by atoms with Crippen molar-refractivity contribution in [1.82, 2.24) is 10.2 Å². The minimum absolute atomic E-state index is 0.757. The molecule has 4 heteroatoms. The van der Waals surface area contributed by atoms with Gasteiger partial charge in [0.1, 0.15) is 0 Å². The van der Waals surface area contributed by atoms with Crippen LogP contribution in [0.2, 0.25) is 0 Å². The van der Waals surface area contributed by atoms with E-state index in [2.05, 4.69) is 37.2 Å². The second-order valence-electron chi connectivity index (χ2n) is 5.34. The average molecular weight is 282 g/mol. The minimum Gasteiger partial charge on any atom is -0.375 e. The highest BCUT2D eigenvalue weighted by Gasteiger charge is 2.25. The van der Waals surface area contributed by atoms with Crippen molar-refractivity contribution in [3.8, 4) is 0 Å². The smallest absolute Gasteiger partial charge is 0.0728 e. The number of aryl methyl sites for hydroxylation is 1. The van der Waals surface area contributed by atoms with Crippen LogP contribution >= 0.6 is 11.3 Å². The Labute approximate surface area is 121 Å². The predicted octanol–water partition coefficient (Wildman–Crippen LogP) is 2.78. The van der Waals surface area contributed by atoms with Crippen LogP contribution in [0, 0.1) is 6.92 Å². The number of hydrogen-bond acceptors (Lipinski definition) is 4. The van der Waals surface area contributed by atoms with E-state index in [9.17, 15) is 0 Å². The lowest BCUT2D eigenvalue weighted by atomic mass is 10.2. The molecule has 1 aromatic heterocycles. The Hall–Kier alpha value is -0.420. The van der Waals surface area contributed by atoms with Crippen LogP contribution in [0.3, 0.4) is 0 Å². The van der Waals surface area contributed by atoms with Crippen LogP contribution in [0.5, 0.6) is 0 Å². The Balaban J connectivity index is 1.68. The van der Waals surface area contributed by atoms with Gasteiger partial charge in [-0.2, -0.15) is 0 Å². The Morgan fingerprint density at radius 2 is 2.26 bits per heavy atom. The number of thiophene rings is 1. The zero-order valence-corrected chi connectivity index (χ0v) is 13.2.